The van der Waals surface area contributed by atoms with Crippen molar-refractivity contribution >= 4 is 120 Å². The molecule has 2 aromatic heterocycles. The Morgan fingerprint density at radius 3 is 1.07 bits per heavy atom. The fourth-order valence-corrected chi connectivity index (χ4v) is 5.22. The topological polar surface area (TPSA) is 77.3 Å². The molecule has 3 aromatic carbocycles. The molecule has 0 fully saturated rings. The van der Waals surface area contributed by atoms with Crippen LogP contribution in [0.3, 0.4) is 0 Å². The van der Waals surface area contributed by atoms with Crippen LogP contribution in [0.1, 0.15) is 43.7 Å². The summed E-state index contributed by atoms with van der Waals surface area (Å²) in [6.45, 7) is 12.4. The van der Waals surface area contributed by atoms with Crippen LogP contribution in [-0.4, -0.2) is 76.0 Å². The molecular weight excluding hydrogens is 842 g/mol. The van der Waals surface area contributed by atoms with Gasteiger partial charge in [0, 0.05) is 10.0 Å². The van der Waals surface area contributed by atoms with Gasteiger partial charge in [0.05, 0.1) is 0 Å². The second-order valence-electron chi connectivity index (χ2n) is 9.11. The molecule has 0 aliphatic rings. The van der Waals surface area contributed by atoms with E-state index in [2.05, 4.69) is 110 Å². The van der Waals surface area contributed by atoms with Gasteiger partial charge < -0.3 is 19.8 Å². The van der Waals surface area contributed by atoms with Gasteiger partial charge >= 0.3 is 46.1 Å². The van der Waals surface area contributed by atoms with E-state index in [1.165, 1.54) is 26.7 Å². The first kappa shape index (κ1) is 50.0. The smallest absolute Gasteiger partial charge is 1.00 e. The first-order valence-electron chi connectivity index (χ1n) is 12.3. The third-order valence-electron chi connectivity index (χ3n) is 4.88. The normalized spacial score (nSPS) is 9.04. The van der Waals surface area contributed by atoms with Gasteiger partial charge in [0.25, 0.3) is 0 Å². The Bertz CT molecular complexity index is 1410. The number of hydrogen-bond acceptors (Lipinski definition) is 6. The van der Waals surface area contributed by atoms with E-state index in [-0.39, 0.29) is 99.8 Å². The molecule has 0 N–H and O–H groups in total. The molecule has 0 aliphatic heterocycles. The second kappa shape index (κ2) is 25.6. The molecule has 5 rings (SSSR count). The number of benzene rings is 3. The fourth-order valence-electron chi connectivity index (χ4n) is 3.53. The molecule has 0 atom stereocenters. The number of rotatable bonds is 1. The molecular formula is C31H33Br2Cl5Mg2N6. The van der Waals surface area contributed by atoms with Crippen molar-refractivity contribution in [2.24, 2.45) is 0 Å². The van der Waals surface area contributed by atoms with Crippen LogP contribution in [0.15, 0.2) is 59.1 Å². The molecule has 0 radical (unpaired) electrons. The van der Waals surface area contributed by atoms with Gasteiger partial charge in [-0.3, -0.25) is 0 Å². The monoisotopic (exact) mass is 870 g/mol. The van der Waals surface area contributed by atoms with Crippen molar-refractivity contribution in [2.45, 2.75) is 49.0 Å². The van der Waals surface area contributed by atoms with Crippen molar-refractivity contribution in [2.75, 3.05) is 0 Å². The molecule has 0 saturated heterocycles. The Balaban J connectivity index is -0.000000171. The van der Waals surface area contributed by atoms with Gasteiger partial charge in [0.2, 0.25) is 26.4 Å². The number of aromatic nitrogens is 6. The van der Waals surface area contributed by atoms with Gasteiger partial charge in [-0.1, -0.05) is 60.5 Å². The van der Waals surface area contributed by atoms with Crippen LogP contribution in [0.25, 0.3) is 11.4 Å². The molecule has 0 aliphatic carbocycles. The molecule has 6 nitrogen and oxygen atoms in total. The Hall–Kier alpha value is -0.378. The Morgan fingerprint density at radius 1 is 0.500 bits per heavy atom. The largest absolute Gasteiger partial charge is 2.00 e. The number of halogens is 7. The maximum Gasteiger partial charge on any atom is 2.00 e. The Kier molecular flexibility index (Phi) is 27.8. The van der Waals surface area contributed by atoms with Crippen molar-refractivity contribution in [3.8, 4) is 11.4 Å². The summed E-state index contributed by atoms with van der Waals surface area (Å²) in [5.74, 6) is 0.497. The molecule has 5 aromatic rings. The maximum atomic E-state index is 5.73. The van der Waals surface area contributed by atoms with Gasteiger partial charge in [-0.15, -0.1) is 0 Å². The summed E-state index contributed by atoms with van der Waals surface area (Å²) >= 11 is 30.8. The molecule has 240 valence electrons. The van der Waals surface area contributed by atoms with E-state index in [0.717, 1.165) is 16.7 Å². The van der Waals surface area contributed by atoms with Crippen molar-refractivity contribution < 1.29 is 19.8 Å². The van der Waals surface area contributed by atoms with Crippen LogP contribution in [0, 0.1) is 47.6 Å². The zero-order valence-corrected chi connectivity index (χ0v) is 35.2. The standard InChI is InChI=1S/C11H9Cl2N3.C8H9Br.C8H9.C3Cl3N3.CH4.BrH.2Mg.2H/c1-6-3-7(2)5-8(4-6)9-14-10(12)16-11(13)15-9;1-6-3-7(2)5-8(9)4-6;1-7-4-3-5-8(2)6-7;4-1-7-2(5)9-3(6)8-1;;;;;;/h3-5H,1-2H3;3-5H,1-2H3;4-6H,1-2H3;;1H4;1H;;;;/q;;-1;;;;2*+2;2*-1/p-1. The minimum absolute atomic E-state index is 0. The third kappa shape index (κ3) is 20.9. The summed E-state index contributed by atoms with van der Waals surface area (Å²) in [7, 11) is 0. The average molecular weight is 875 g/mol. The van der Waals surface area contributed by atoms with Crippen LogP contribution < -0.4 is 17.0 Å². The number of nitrogens with zero attached hydrogens (tertiary/aromatic N) is 6. The van der Waals surface area contributed by atoms with Crippen molar-refractivity contribution in [1.29, 1.82) is 0 Å². The van der Waals surface area contributed by atoms with Crippen molar-refractivity contribution in [1.82, 2.24) is 29.9 Å². The molecule has 0 unspecified atom stereocenters. The van der Waals surface area contributed by atoms with Gasteiger partial charge in [0.1, 0.15) is 0 Å². The van der Waals surface area contributed by atoms with Crippen LogP contribution in [-0.2, 0) is 0 Å². The average Bonchev–Trinajstić information content (AvgIpc) is 2.82. The molecule has 0 amide bonds. The SMILES string of the molecule is C.Cc1c[c-]cc(C)c1.Cc1cc(C)cc(-c2nc(Cl)nc(Cl)n2)c1.Cc1cc(C)cc(Br)c1.Clc1nc(Cl)nc(Cl)n1.[Br-].[H-].[H-].[Mg+2].[Mg+2]. The third-order valence-corrected chi connectivity index (χ3v) is 6.18. The van der Waals surface area contributed by atoms with Gasteiger partial charge in [-0.2, -0.15) is 65.3 Å². The number of aryl methyl sites for hydroxylation is 6. The van der Waals surface area contributed by atoms with Crippen molar-refractivity contribution in [3.63, 3.8) is 0 Å². The van der Waals surface area contributed by atoms with Crippen molar-refractivity contribution in [3.05, 3.63) is 125 Å². The zero-order chi connectivity index (χ0) is 31.4. The zero-order valence-electron chi connectivity index (χ0n) is 27.4. The van der Waals surface area contributed by atoms with Crippen LogP contribution in [0.2, 0.25) is 26.4 Å². The van der Waals surface area contributed by atoms with Gasteiger partial charge in [-0.25, -0.2) is 0 Å². The molecule has 2 heterocycles. The van der Waals surface area contributed by atoms with E-state index in [1.54, 1.807) is 0 Å². The Morgan fingerprint density at radius 2 is 0.783 bits per heavy atom. The summed E-state index contributed by atoms with van der Waals surface area (Å²) in [6.07, 6.45) is 0. The summed E-state index contributed by atoms with van der Waals surface area (Å²) in [6, 6.07) is 21.5. The quantitative estimate of drug-likeness (QED) is 0.128. The minimum atomic E-state index is 0. The number of hydrogen-bond donors (Lipinski definition) is 0. The first-order valence-corrected chi connectivity index (χ1v) is 14.9. The summed E-state index contributed by atoms with van der Waals surface area (Å²) < 4.78 is 1.17. The van der Waals surface area contributed by atoms with Crippen LogP contribution in [0.5, 0.6) is 0 Å². The fraction of sp³-hybridized carbons (Fsp3) is 0.226. The molecule has 46 heavy (non-hydrogen) atoms. The van der Waals surface area contributed by atoms with E-state index >= 15 is 0 Å². The maximum absolute atomic E-state index is 5.73. The van der Waals surface area contributed by atoms with Crippen LogP contribution in [0.4, 0.5) is 0 Å². The summed E-state index contributed by atoms with van der Waals surface area (Å²) in [5, 5.41) is 0.211. The van der Waals surface area contributed by atoms with E-state index in [0.29, 0.717) is 5.82 Å². The molecule has 0 spiro atoms. The summed E-state index contributed by atoms with van der Waals surface area (Å²) in [4.78, 5) is 22.2. The predicted molar refractivity (Wildman–Crippen MR) is 198 cm³/mol. The van der Waals surface area contributed by atoms with E-state index in [1.807, 2.05) is 38.1 Å². The Labute approximate surface area is 351 Å². The summed E-state index contributed by atoms with van der Waals surface area (Å²) in [5.41, 5.74) is 8.35. The first-order chi connectivity index (χ1) is 19.7. The molecule has 0 bridgehead atoms. The predicted octanol–water partition coefficient (Wildman–Crippen LogP) is 7.57. The molecule has 15 heteroatoms. The van der Waals surface area contributed by atoms with E-state index < -0.39 is 0 Å². The van der Waals surface area contributed by atoms with E-state index in [4.69, 9.17) is 58.0 Å². The van der Waals surface area contributed by atoms with Gasteiger partial charge in [-0.05, 0) is 121 Å². The van der Waals surface area contributed by atoms with Gasteiger partial charge in [0.15, 0.2) is 5.82 Å². The minimum Gasteiger partial charge on any atom is -1.00 e. The second-order valence-corrected chi connectivity index (χ2v) is 11.7. The molecule has 0 saturated carbocycles. The van der Waals surface area contributed by atoms with Crippen LogP contribution >= 0.6 is 73.9 Å². The van der Waals surface area contributed by atoms with E-state index in [9.17, 15) is 0 Å².